The molecule has 0 aliphatic rings. The van der Waals surface area contributed by atoms with Gasteiger partial charge in [0.25, 0.3) is 0 Å². The molecule has 0 bridgehead atoms. The van der Waals surface area contributed by atoms with Crippen LogP contribution in [0.4, 0.5) is 10.1 Å². The monoisotopic (exact) mass is 251 g/mol. The zero-order valence-electron chi connectivity index (χ0n) is 9.50. The molecular formula is C10H10FN5O2. The van der Waals surface area contributed by atoms with Gasteiger partial charge in [-0.2, -0.15) is 4.39 Å². The Balaban J connectivity index is 2.33. The Kier molecular flexibility index (Phi) is 3.28. The number of nitro benzene ring substituents is 1. The van der Waals surface area contributed by atoms with E-state index in [0.29, 0.717) is 17.9 Å². The first-order valence-electron chi connectivity index (χ1n) is 5.12. The summed E-state index contributed by atoms with van der Waals surface area (Å²) in [6, 6.07) is 3.57. The molecule has 7 nitrogen and oxygen atoms in total. The van der Waals surface area contributed by atoms with E-state index in [1.165, 1.54) is 10.7 Å². The van der Waals surface area contributed by atoms with E-state index in [2.05, 4.69) is 15.6 Å². The molecule has 0 spiro atoms. The average molecular weight is 251 g/mol. The molecule has 1 aromatic carbocycles. The summed E-state index contributed by atoms with van der Waals surface area (Å²) in [5.74, 6) is -0.900. The van der Waals surface area contributed by atoms with Gasteiger partial charge in [0.05, 0.1) is 22.5 Å². The van der Waals surface area contributed by atoms with Crippen LogP contribution < -0.4 is 5.32 Å². The Hall–Kier alpha value is -2.35. The number of nitrogens with zero attached hydrogens (tertiary/aromatic N) is 4. The maximum absolute atomic E-state index is 13.4. The minimum atomic E-state index is -0.900. The van der Waals surface area contributed by atoms with Gasteiger partial charge in [-0.25, -0.2) is 4.68 Å². The molecule has 0 saturated heterocycles. The molecule has 0 fully saturated rings. The van der Waals surface area contributed by atoms with Gasteiger partial charge < -0.3 is 5.32 Å². The third kappa shape index (κ3) is 2.33. The summed E-state index contributed by atoms with van der Waals surface area (Å²) >= 11 is 0. The van der Waals surface area contributed by atoms with Crippen molar-refractivity contribution >= 4 is 5.69 Å². The molecule has 0 atom stereocenters. The minimum absolute atomic E-state index is 0.382. The maximum Gasteiger partial charge on any atom is 0.304 e. The summed E-state index contributed by atoms with van der Waals surface area (Å²) in [4.78, 5) is 9.71. The number of benzene rings is 1. The molecular weight excluding hydrogens is 241 g/mol. The van der Waals surface area contributed by atoms with E-state index in [1.54, 1.807) is 13.2 Å². The van der Waals surface area contributed by atoms with Gasteiger partial charge in [0, 0.05) is 18.7 Å². The molecule has 1 N–H and O–H groups in total. The van der Waals surface area contributed by atoms with Gasteiger partial charge in [-0.3, -0.25) is 10.1 Å². The molecule has 2 rings (SSSR count). The molecule has 0 amide bonds. The normalized spacial score (nSPS) is 10.6. The number of nitro groups is 1. The highest BCUT2D eigenvalue weighted by Gasteiger charge is 2.14. The van der Waals surface area contributed by atoms with Crippen LogP contribution in [0.1, 0.15) is 5.69 Å². The maximum atomic E-state index is 13.4. The molecule has 0 radical (unpaired) electrons. The van der Waals surface area contributed by atoms with E-state index >= 15 is 0 Å². The smallest absolute Gasteiger partial charge is 0.304 e. The van der Waals surface area contributed by atoms with Crippen molar-refractivity contribution in [1.82, 2.24) is 20.3 Å². The lowest BCUT2D eigenvalue weighted by atomic mass is 10.2. The molecule has 94 valence electrons. The van der Waals surface area contributed by atoms with Gasteiger partial charge in [0.15, 0.2) is 0 Å². The van der Waals surface area contributed by atoms with Gasteiger partial charge >= 0.3 is 5.69 Å². The van der Waals surface area contributed by atoms with Gasteiger partial charge in [-0.05, 0) is 13.1 Å². The fourth-order valence-electron chi connectivity index (χ4n) is 1.47. The quantitative estimate of drug-likeness (QED) is 0.648. The van der Waals surface area contributed by atoms with Crippen LogP contribution in [0.5, 0.6) is 0 Å². The molecule has 0 aliphatic carbocycles. The summed E-state index contributed by atoms with van der Waals surface area (Å²) in [7, 11) is 1.77. The van der Waals surface area contributed by atoms with Gasteiger partial charge in [0.1, 0.15) is 0 Å². The fraction of sp³-hybridized carbons (Fsp3) is 0.200. The number of aromatic nitrogens is 3. The van der Waals surface area contributed by atoms with Gasteiger partial charge in [-0.15, -0.1) is 5.10 Å². The van der Waals surface area contributed by atoms with Crippen LogP contribution in [0.25, 0.3) is 5.69 Å². The van der Waals surface area contributed by atoms with Crippen LogP contribution in [0.15, 0.2) is 24.4 Å². The third-order valence-electron chi connectivity index (χ3n) is 2.29. The van der Waals surface area contributed by atoms with Crippen LogP contribution in [-0.4, -0.2) is 27.0 Å². The van der Waals surface area contributed by atoms with Crippen molar-refractivity contribution in [3.63, 3.8) is 0 Å². The third-order valence-corrected chi connectivity index (χ3v) is 2.29. The first-order valence-corrected chi connectivity index (χ1v) is 5.12. The lowest BCUT2D eigenvalue weighted by molar-refractivity contribution is -0.387. The summed E-state index contributed by atoms with van der Waals surface area (Å²) in [5.41, 5.74) is 0.513. The van der Waals surface area contributed by atoms with Crippen LogP contribution in [-0.2, 0) is 6.54 Å². The van der Waals surface area contributed by atoms with Crippen molar-refractivity contribution < 1.29 is 9.31 Å². The predicted molar refractivity (Wildman–Crippen MR) is 60.7 cm³/mol. The number of halogens is 1. The highest BCUT2D eigenvalue weighted by Crippen LogP contribution is 2.19. The van der Waals surface area contributed by atoms with E-state index in [-0.39, 0.29) is 0 Å². The van der Waals surface area contributed by atoms with Crippen LogP contribution in [0.2, 0.25) is 0 Å². The number of rotatable bonds is 4. The molecule has 8 heteroatoms. The zero-order valence-corrected chi connectivity index (χ0v) is 9.50. The van der Waals surface area contributed by atoms with Crippen molar-refractivity contribution in [2.24, 2.45) is 0 Å². The topological polar surface area (TPSA) is 85.9 Å². The summed E-state index contributed by atoms with van der Waals surface area (Å²) in [6.07, 6.45) is 1.62. The Labute approximate surface area is 101 Å². The first kappa shape index (κ1) is 12.1. The second-order valence-corrected chi connectivity index (χ2v) is 3.58. The average Bonchev–Trinajstić information content (AvgIpc) is 2.77. The van der Waals surface area contributed by atoms with Crippen LogP contribution >= 0.6 is 0 Å². The molecule has 0 saturated carbocycles. The Bertz CT molecular complexity index is 583. The molecule has 1 heterocycles. The van der Waals surface area contributed by atoms with Crippen LogP contribution in [0.3, 0.4) is 0 Å². The van der Waals surface area contributed by atoms with Crippen molar-refractivity contribution in [1.29, 1.82) is 0 Å². The van der Waals surface area contributed by atoms with E-state index < -0.39 is 16.4 Å². The summed E-state index contributed by atoms with van der Waals surface area (Å²) in [5, 5.41) is 21.1. The van der Waals surface area contributed by atoms with Crippen LogP contribution in [0, 0.1) is 15.9 Å². The van der Waals surface area contributed by atoms with Crippen molar-refractivity contribution in [3.8, 4) is 5.69 Å². The van der Waals surface area contributed by atoms with Gasteiger partial charge in [-0.1, -0.05) is 5.21 Å². The van der Waals surface area contributed by atoms with E-state index in [9.17, 15) is 14.5 Å². The molecule has 0 aliphatic heterocycles. The lowest BCUT2D eigenvalue weighted by Crippen LogP contribution is -2.05. The standard InChI is InChI=1S/C10H10FN5O2/c1-12-5-7-6-15(14-13-7)8-2-3-10(16(17)18)9(11)4-8/h2-4,6,12H,5H2,1H3. The van der Waals surface area contributed by atoms with E-state index in [4.69, 9.17) is 0 Å². The Morgan fingerprint density at radius 1 is 1.56 bits per heavy atom. The Morgan fingerprint density at radius 3 is 2.94 bits per heavy atom. The highest BCUT2D eigenvalue weighted by molar-refractivity contribution is 5.41. The largest absolute Gasteiger partial charge is 0.314 e. The SMILES string of the molecule is CNCc1cn(-c2ccc([N+](=O)[O-])c(F)c2)nn1. The van der Waals surface area contributed by atoms with Gasteiger partial charge in [0.2, 0.25) is 5.82 Å². The molecule has 18 heavy (non-hydrogen) atoms. The van der Waals surface area contributed by atoms with E-state index in [0.717, 1.165) is 12.1 Å². The second-order valence-electron chi connectivity index (χ2n) is 3.58. The van der Waals surface area contributed by atoms with Crippen molar-refractivity contribution in [3.05, 3.63) is 46.0 Å². The minimum Gasteiger partial charge on any atom is -0.314 e. The first-order chi connectivity index (χ1) is 8.61. The lowest BCUT2D eigenvalue weighted by Gasteiger charge is -2.00. The molecule has 2 aromatic rings. The highest BCUT2D eigenvalue weighted by atomic mass is 19.1. The van der Waals surface area contributed by atoms with E-state index in [1.807, 2.05) is 0 Å². The Morgan fingerprint density at radius 2 is 2.33 bits per heavy atom. The number of nitrogens with one attached hydrogen (secondary N) is 1. The predicted octanol–water partition coefficient (Wildman–Crippen LogP) is 1.03. The fourth-order valence-corrected chi connectivity index (χ4v) is 1.47. The van der Waals surface area contributed by atoms with Crippen molar-refractivity contribution in [2.45, 2.75) is 6.54 Å². The molecule has 1 aromatic heterocycles. The number of hydrogen-bond acceptors (Lipinski definition) is 5. The number of hydrogen-bond donors (Lipinski definition) is 1. The summed E-state index contributed by atoms with van der Waals surface area (Å²) in [6.45, 7) is 0.537. The van der Waals surface area contributed by atoms with Crippen molar-refractivity contribution in [2.75, 3.05) is 7.05 Å². The summed E-state index contributed by atoms with van der Waals surface area (Å²) < 4.78 is 14.8. The second kappa shape index (κ2) is 4.88. The molecule has 0 unspecified atom stereocenters. The zero-order chi connectivity index (χ0) is 13.1.